The average molecular weight is 359 g/mol. The second-order valence-electron chi connectivity index (χ2n) is 6.87. The first kappa shape index (κ1) is 20.3. The fourth-order valence-corrected chi connectivity index (χ4v) is 3.19. The van der Waals surface area contributed by atoms with Crippen LogP contribution in [0.5, 0.6) is 0 Å². The van der Waals surface area contributed by atoms with Crippen molar-refractivity contribution < 1.29 is 4.79 Å². The fraction of sp³-hybridized carbons (Fsp3) is 0.619. The lowest BCUT2D eigenvalue weighted by Crippen LogP contribution is -2.37. The second-order valence-corrected chi connectivity index (χ2v) is 6.87. The molecule has 144 valence electrons. The Morgan fingerprint density at radius 3 is 2.42 bits per heavy atom. The molecule has 0 aromatic heterocycles. The Morgan fingerprint density at radius 2 is 1.77 bits per heavy atom. The van der Waals surface area contributed by atoms with Crippen LogP contribution in [0.25, 0.3) is 0 Å². The molecule has 1 aliphatic heterocycles. The standard InChI is InChI=1S/C21H34N4O/c1-3-5-6-9-14-23-21(22-4-2)24-15-10-13-20(26)25-16-18-11-7-8-12-19(18)17-25/h7-8,11-12H,3-6,9-10,13-17H2,1-2H3,(H2,22,23,24). The van der Waals surface area contributed by atoms with Gasteiger partial charge in [0, 0.05) is 39.1 Å². The van der Waals surface area contributed by atoms with Gasteiger partial charge in [0.15, 0.2) is 5.96 Å². The van der Waals surface area contributed by atoms with E-state index in [0.29, 0.717) is 13.0 Å². The monoisotopic (exact) mass is 358 g/mol. The van der Waals surface area contributed by atoms with Crippen molar-refractivity contribution in [2.45, 2.75) is 65.5 Å². The minimum Gasteiger partial charge on any atom is -0.357 e. The van der Waals surface area contributed by atoms with Gasteiger partial charge in [0.05, 0.1) is 0 Å². The zero-order valence-electron chi connectivity index (χ0n) is 16.4. The third-order valence-electron chi connectivity index (χ3n) is 4.68. The topological polar surface area (TPSA) is 56.7 Å². The molecule has 5 heteroatoms. The van der Waals surface area contributed by atoms with E-state index in [1.54, 1.807) is 0 Å². The summed E-state index contributed by atoms with van der Waals surface area (Å²) < 4.78 is 0. The summed E-state index contributed by atoms with van der Waals surface area (Å²) in [4.78, 5) is 18.9. The van der Waals surface area contributed by atoms with Crippen molar-refractivity contribution in [1.82, 2.24) is 15.5 Å². The number of fused-ring (bicyclic) bond motifs is 1. The second kappa shape index (κ2) is 11.6. The highest BCUT2D eigenvalue weighted by molar-refractivity contribution is 5.80. The Bertz CT molecular complexity index is 560. The lowest BCUT2D eigenvalue weighted by molar-refractivity contribution is -0.131. The number of aliphatic imine (C=N–C) groups is 1. The minimum absolute atomic E-state index is 0.230. The SMILES string of the molecule is CCCCCCNC(=NCCCC(=O)N1Cc2ccccc2C1)NCC. The van der Waals surface area contributed by atoms with Crippen LogP contribution >= 0.6 is 0 Å². The molecule has 1 aromatic rings. The number of nitrogens with one attached hydrogen (secondary N) is 2. The summed E-state index contributed by atoms with van der Waals surface area (Å²) in [5.41, 5.74) is 2.56. The molecule has 0 spiro atoms. The molecule has 0 aliphatic carbocycles. The first-order valence-electron chi connectivity index (χ1n) is 10.1. The molecular formula is C21H34N4O. The first-order valence-corrected chi connectivity index (χ1v) is 10.1. The van der Waals surface area contributed by atoms with Gasteiger partial charge in [-0.15, -0.1) is 0 Å². The van der Waals surface area contributed by atoms with Crippen molar-refractivity contribution in [3.63, 3.8) is 0 Å². The highest BCUT2D eigenvalue weighted by atomic mass is 16.2. The van der Waals surface area contributed by atoms with Crippen molar-refractivity contribution in [3.05, 3.63) is 35.4 Å². The van der Waals surface area contributed by atoms with Gasteiger partial charge in [-0.25, -0.2) is 0 Å². The van der Waals surface area contributed by atoms with E-state index in [0.717, 1.165) is 38.6 Å². The zero-order valence-corrected chi connectivity index (χ0v) is 16.4. The number of benzene rings is 1. The van der Waals surface area contributed by atoms with Crippen LogP contribution in [0.2, 0.25) is 0 Å². The molecule has 2 rings (SSSR count). The summed E-state index contributed by atoms with van der Waals surface area (Å²) in [5.74, 6) is 1.10. The van der Waals surface area contributed by atoms with Gasteiger partial charge in [0.1, 0.15) is 0 Å². The summed E-state index contributed by atoms with van der Waals surface area (Å²) in [6, 6.07) is 8.31. The maximum absolute atomic E-state index is 12.4. The van der Waals surface area contributed by atoms with E-state index in [1.165, 1.54) is 36.8 Å². The van der Waals surface area contributed by atoms with Gasteiger partial charge >= 0.3 is 0 Å². The normalized spacial score (nSPS) is 13.6. The third-order valence-corrected chi connectivity index (χ3v) is 4.68. The highest BCUT2D eigenvalue weighted by Crippen LogP contribution is 2.22. The van der Waals surface area contributed by atoms with Gasteiger partial charge in [0.2, 0.25) is 5.91 Å². The molecular weight excluding hydrogens is 324 g/mol. The number of unbranched alkanes of at least 4 members (excludes halogenated alkanes) is 3. The maximum Gasteiger partial charge on any atom is 0.223 e. The van der Waals surface area contributed by atoms with Gasteiger partial charge in [-0.05, 0) is 30.9 Å². The molecule has 0 saturated carbocycles. The molecule has 5 nitrogen and oxygen atoms in total. The lowest BCUT2D eigenvalue weighted by Gasteiger charge is -2.15. The van der Waals surface area contributed by atoms with Gasteiger partial charge < -0.3 is 15.5 Å². The van der Waals surface area contributed by atoms with E-state index in [-0.39, 0.29) is 5.91 Å². The molecule has 1 heterocycles. The Morgan fingerprint density at radius 1 is 1.04 bits per heavy atom. The van der Waals surface area contributed by atoms with E-state index in [2.05, 4.69) is 41.6 Å². The van der Waals surface area contributed by atoms with Gasteiger partial charge in [-0.2, -0.15) is 0 Å². The number of nitrogens with zero attached hydrogens (tertiary/aromatic N) is 2. The van der Waals surface area contributed by atoms with E-state index in [1.807, 2.05) is 17.0 Å². The Balaban J connectivity index is 1.66. The Labute approximate surface area is 158 Å². The average Bonchev–Trinajstić information content (AvgIpc) is 3.09. The van der Waals surface area contributed by atoms with Crippen molar-refractivity contribution in [3.8, 4) is 0 Å². The highest BCUT2D eigenvalue weighted by Gasteiger charge is 2.22. The van der Waals surface area contributed by atoms with Crippen molar-refractivity contribution in [2.75, 3.05) is 19.6 Å². The third kappa shape index (κ3) is 6.70. The Hall–Kier alpha value is -2.04. The number of amides is 1. The Kier molecular flexibility index (Phi) is 9.01. The summed E-state index contributed by atoms with van der Waals surface area (Å²) in [6.45, 7) is 8.28. The number of hydrogen-bond donors (Lipinski definition) is 2. The van der Waals surface area contributed by atoms with E-state index < -0.39 is 0 Å². The van der Waals surface area contributed by atoms with Crippen LogP contribution in [-0.4, -0.2) is 36.4 Å². The van der Waals surface area contributed by atoms with Crippen LogP contribution in [0.3, 0.4) is 0 Å². The number of guanidine groups is 1. The van der Waals surface area contributed by atoms with Gasteiger partial charge in [0.25, 0.3) is 0 Å². The molecule has 0 atom stereocenters. The van der Waals surface area contributed by atoms with Gasteiger partial charge in [-0.1, -0.05) is 50.5 Å². The summed E-state index contributed by atoms with van der Waals surface area (Å²) >= 11 is 0. The molecule has 0 bridgehead atoms. The molecule has 0 fully saturated rings. The quantitative estimate of drug-likeness (QED) is 0.383. The van der Waals surface area contributed by atoms with Crippen LogP contribution < -0.4 is 10.6 Å². The van der Waals surface area contributed by atoms with Crippen LogP contribution in [0, 0.1) is 0 Å². The molecule has 1 amide bonds. The molecule has 0 saturated heterocycles. The maximum atomic E-state index is 12.4. The van der Waals surface area contributed by atoms with Crippen molar-refractivity contribution in [2.24, 2.45) is 4.99 Å². The minimum atomic E-state index is 0.230. The van der Waals surface area contributed by atoms with Crippen molar-refractivity contribution >= 4 is 11.9 Å². The predicted molar refractivity (Wildman–Crippen MR) is 108 cm³/mol. The number of carbonyl (C=O) groups is 1. The molecule has 1 aromatic carbocycles. The van der Waals surface area contributed by atoms with Crippen LogP contribution in [0.1, 0.15) is 63.5 Å². The van der Waals surface area contributed by atoms with E-state index in [4.69, 9.17) is 0 Å². The molecule has 2 N–H and O–H groups in total. The largest absolute Gasteiger partial charge is 0.357 e. The first-order chi connectivity index (χ1) is 12.7. The fourth-order valence-electron chi connectivity index (χ4n) is 3.19. The lowest BCUT2D eigenvalue weighted by atomic mass is 10.1. The molecule has 0 unspecified atom stereocenters. The van der Waals surface area contributed by atoms with Crippen LogP contribution in [0.4, 0.5) is 0 Å². The summed E-state index contributed by atoms with van der Waals surface area (Å²) in [7, 11) is 0. The number of rotatable bonds is 10. The zero-order chi connectivity index (χ0) is 18.6. The van der Waals surface area contributed by atoms with E-state index >= 15 is 0 Å². The molecule has 0 radical (unpaired) electrons. The van der Waals surface area contributed by atoms with Crippen LogP contribution in [0.15, 0.2) is 29.3 Å². The number of carbonyl (C=O) groups excluding carboxylic acids is 1. The molecule has 1 aliphatic rings. The molecule has 26 heavy (non-hydrogen) atoms. The smallest absolute Gasteiger partial charge is 0.223 e. The number of hydrogen-bond acceptors (Lipinski definition) is 2. The summed E-state index contributed by atoms with van der Waals surface area (Å²) in [5, 5.41) is 6.65. The van der Waals surface area contributed by atoms with E-state index in [9.17, 15) is 4.79 Å². The predicted octanol–water partition coefficient (Wildman–Crippen LogP) is 3.44. The van der Waals surface area contributed by atoms with Crippen LogP contribution in [-0.2, 0) is 17.9 Å². The van der Waals surface area contributed by atoms with Gasteiger partial charge in [-0.3, -0.25) is 9.79 Å². The summed E-state index contributed by atoms with van der Waals surface area (Å²) in [6.07, 6.45) is 6.33. The van der Waals surface area contributed by atoms with Crippen molar-refractivity contribution in [1.29, 1.82) is 0 Å².